The van der Waals surface area contributed by atoms with Gasteiger partial charge in [0, 0.05) is 14.1 Å². The molecule has 3 nitrogen and oxygen atoms in total. The molecule has 1 aromatic carbocycles. The Hall–Kier alpha value is -1.20. The number of aliphatic hydroxyl groups is 1. The number of hydrogen-bond acceptors (Lipinski definition) is 3. The molecular formula is C11H14FNO2S. The number of hydrogen-bond donors (Lipinski definition) is 1. The van der Waals surface area contributed by atoms with Crippen LogP contribution in [0.25, 0.3) is 0 Å². The maximum absolute atomic E-state index is 13.4. The van der Waals surface area contributed by atoms with E-state index in [9.17, 15) is 9.50 Å². The maximum atomic E-state index is 13.4. The monoisotopic (exact) mass is 243 g/mol. The minimum absolute atomic E-state index is 0.145. The lowest BCUT2D eigenvalue weighted by Crippen LogP contribution is -2.26. The second-order valence-electron chi connectivity index (χ2n) is 3.53. The molecule has 0 amide bonds. The van der Waals surface area contributed by atoms with E-state index < -0.39 is 11.9 Å². The molecule has 1 aromatic rings. The van der Waals surface area contributed by atoms with Gasteiger partial charge in [-0.25, -0.2) is 4.39 Å². The number of halogens is 1. The molecule has 1 rings (SSSR count). The smallest absolute Gasteiger partial charge is 0.165 e. The van der Waals surface area contributed by atoms with Crippen molar-refractivity contribution in [1.29, 1.82) is 0 Å². The molecule has 1 unspecified atom stereocenters. The Labute approximate surface area is 99.4 Å². The first kappa shape index (κ1) is 12.9. The van der Waals surface area contributed by atoms with Crippen molar-refractivity contribution < 1.29 is 14.2 Å². The summed E-state index contributed by atoms with van der Waals surface area (Å²) < 4.78 is 18.2. The fraction of sp³-hybridized carbons (Fsp3) is 0.364. The van der Waals surface area contributed by atoms with E-state index in [1.807, 2.05) is 0 Å². The lowest BCUT2D eigenvalue weighted by molar-refractivity contribution is 0.236. The van der Waals surface area contributed by atoms with Crippen LogP contribution in [0, 0.1) is 5.82 Å². The quantitative estimate of drug-likeness (QED) is 0.820. The fourth-order valence-electron chi connectivity index (χ4n) is 1.24. The Morgan fingerprint density at radius 3 is 2.56 bits per heavy atom. The zero-order valence-electron chi connectivity index (χ0n) is 9.40. The highest BCUT2D eigenvalue weighted by molar-refractivity contribution is 7.80. The van der Waals surface area contributed by atoms with E-state index >= 15 is 0 Å². The van der Waals surface area contributed by atoms with E-state index in [0.29, 0.717) is 10.6 Å². The van der Waals surface area contributed by atoms with E-state index in [-0.39, 0.29) is 5.75 Å². The summed E-state index contributed by atoms with van der Waals surface area (Å²) in [6.45, 7) is 0. The average molecular weight is 243 g/mol. The first-order valence-electron chi connectivity index (χ1n) is 4.70. The van der Waals surface area contributed by atoms with Crippen molar-refractivity contribution >= 4 is 17.2 Å². The Balaban J connectivity index is 2.97. The Kier molecular flexibility index (Phi) is 4.20. The van der Waals surface area contributed by atoms with Crippen LogP contribution in [-0.2, 0) is 0 Å². The highest BCUT2D eigenvalue weighted by atomic mass is 32.1. The highest BCUT2D eigenvalue weighted by Gasteiger charge is 2.16. The molecule has 0 saturated carbocycles. The highest BCUT2D eigenvalue weighted by Crippen LogP contribution is 2.23. The maximum Gasteiger partial charge on any atom is 0.165 e. The van der Waals surface area contributed by atoms with Gasteiger partial charge >= 0.3 is 0 Å². The van der Waals surface area contributed by atoms with Crippen LogP contribution >= 0.6 is 12.2 Å². The predicted octanol–water partition coefficient (Wildman–Crippen LogP) is 1.76. The van der Waals surface area contributed by atoms with Gasteiger partial charge in [-0.1, -0.05) is 18.3 Å². The first-order valence-corrected chi connectivity index (χ1v) is 5.11. The van der Waals surface area contributed by atoms with Gasteiger partial charge in [0.25, 0.3) is 0 Å². The molecule has 0 aliphatic carbocycles. The Morgan fingerprint density at radius 2 is 2.12 bits per heavy atom. The molecule has 0 saturated heterocycles. The fourth-order valence-corrected chi connectivity index (χ4v) is 1.38. The molecular weight excluding hydrogens is 229 g/mol. The third-order valence-corrected chi connectivity index (χ3v) is 2.75. The topological polar surface area (TPSA) is 32.7 Å². The van der Waals surface area contributed by atoms with Crippen molar-refractivity contribution in [2.45, 2.75) is 6.10 Å². The van der Waals surface area contributed by atoms with Crippen LogP contribution in [0.15, 0.2) is 18.2 Å². The Bertz CT molecular complexity index is 396. The van der Waals surface area contributed by atoms with Crippen LogP contribution in [0.3, 0.4) is 0 Å². The van der Waals surface area contributed by atoms with Crippen molar-refractivity contribution in [1.82, 2.24) is 4.90 Å². The molecule has 88 valence electrons. The van der Waals surface area contributed by atoms with Gasteiger partial charge in [-0.15, -0.1) is 0 Å². The molecule has 0 aromatic heterocycles. The standard InChI is InChI=1S/C11H14FNO2S/c1-13(2)11(16)10(14)7-4-5-9(15-3)8(12)6-7/h4-6,10,14H,1-3H3. The van der Waals surface area contributed by atoms with Crippen molar-refractivity contribution in [3.63, 3.8) is 0 Å². The van der Waals surface area contributed by atoms with E-state index in [1.165, 1.54) is 19.2 Å². The van der Waals surface area contributed by atoms with E-state index in [2.05, 4.69) is 0 Å². The number of thiocarbonyl (C=S) groups is 1. The lowest BCUT2D eigenvalue weighted by Gasteiger charge is -2.19. The van der Waals surface area contributed by atoms with E-state index in [0.717, 1.165) is 0 Å². The third kappa shape index (κ3) is 2.68. The zero-order chi connectivity index (χ0) is 12.3. The van der Waals surface area contributed by atoms with Gasteiger partial charge in [-0.2, -0.15) is 0 Å². The van der Waals surface area contributed by atoms with Gasteiger partial charge in [0.05, 0.1) is 7.11 Å². The molecule has 5 heteroatoms. The largest absolute Gasteiger partial charge is 0.494 e. The van der Waals surface area contributed by atoms with Crippen molar-refractivity contribution in [2.24, 2.45) is 0 Å². The number of methoxy groups -OCH3 is 1. The number of nitrogens with zero attached hydrogens (tertiary/aromatic N) is 1. The van der Waals surface area contributed by atoms with Crippen LogP contribution in [0.4, 0.5) is 4.39 Å². The summed E-state index contributed by atoms with van der Waals surface area (Å²) in [7, 11) is 4.84. The van der Waals surface area contributed by atoms with Gasteiger partial charge in [0.1, 0.15) is 11.1 Å². The van der Waals surface area contributed by atoms with Crippen LogP contribution in [0.5, 0.6) is 5.75 Å². The molecule has 0 fully saturated rings. The number of ether oxygens (including phenoxy) is 1. The normalized spacial score (nSPS) is 12.1. The average Bonchev–Trinajstić information content (AvgIpc) is 2.26. The summed E-state index contributed by atoms with van der Waals surface area (Å²) in [5, 5.41) is 9.86. The van der Waals surface area contributed by atoms with Crippen molar-refractivity contribution in [3.8, 4) is 5.75 Å². The van der Waals surface area contributed by atoms with E-state index in [4.69, 9.17) is 17.0 Å². The summed E-state index contributed by atoms with van der Waals surface area (Å²) in [5.41, 5.74) is 0.414. The molecule has 0 radical (unpaired) electrons. The molecule has 0 aliphatic heterocycles. The number of rotatable bonds is 3. The van der Waals surface area contributed by atoms with Crippen molar-refractivity contribution in [2.75, 3.05) is 21.2 Å². The zero-order valence-corrected chi connectivity index (χ0v) is 10.2. The molecule has 0 aliphatic rings. The molecule has 1 N–H and O–H groups in total. The molecule has 0 heterocycles. The number of likely N-dealkylation sites (N-methyl/N-ethyl adjacent to an activating group) is 1. The van der Waals surface area contributed by atoms with Gasteiger partial charge in [0.15, 0.2) is 11.6 Å². The second kappa shape index (κ2) is 5.23. The SMILES string of the molecule is COc1ccc(C(O)C(=S)N(C)C)cc1F. The summed E-state index contributed by atoms with van der Waals surface area (Å²) in [5.74, 6) is -0.368. The third-order valence-electron chi connectivity index (χ3n) is 2.17. The molecule has 0 spiro atoms. The summed E-state index contributed by atoms with van der Waals surface area (Å²) in [6, 6.07) is 4.27. The molecule has 16 heavy (non-hydrogen) atoms. The van der Waals surface area contributed by atoms with Crippen molar-refractivity contribution in [3.05, 3.63) is 29.6 Å². The second-order valence-corrected chi connectivity index (χ2v) is 3.95. The first-order chi connectivity index (χ1) is 7.47. The van der Waals surface area contributed by atoms with E-state index in [1.54, 1.807) is 25.1 Å². The summed E-state index contributed by atoms with van der Waals surface area (Å²) >= 11 is 5.01. The minimum Gasteiger partial charge on any atom is -0.494 e. The van der Waals surface area contributed by atoms with Crippen LogP contribution in [-0.4, -0.2) is 36.2 Å². The van der Waals surface area contributed by atoms with Crippen LogP contribution < -0.4 is 4.74 Å². The van der Waals surface area contributed by atoms with Crippen LogP contribution in [0.1, 0.15) is 11.7 Å². The van der Waals surface area contributed by atoms with Gasteiger partial charge < -0.3 is 14.7 Å². The minimum atomic E-state index is -0.981. The van der Waals surface area contributed by atoms with Gasteiger partial charge in [-0.3, -0.25) is 0 Å². The van der Waals surface area contributed by atoms with Gasteiger partial charge in [-0.05, 0) is 17.7 Å². The van der Waals surface area contributed by atoms with Gasteiger partial charge in [0.2, 0.25) is 0 Å². The molecule has 0 bridgehead atoms. The molecule has 1 atom stereocenters. The number of benzene rings is 1. The number of aliphatic hydroxyl groups excluding tert-OH is 1. The summed E-state index contributed by atoms with van der Waals surface area (Å²) in [4.78, 5) is 1.95. The summed E-state index contributed by atoms with van der Waals surface area (Å²) in [6.07, 6.45) is -0.981. The lowest BCUT2D eigenvalue weighted by atomic mass is 10.1. The predicted molar refractivity (Wildman–Crippen MR) is 64.2 cm³/mol. The van der Waals surface area contributed by atoms with Crippen LogP contribution in [0.2, 0.25) is 0 Å². The Morgan fingerprint density at radius 1 is 1.50 bits per heavy atom.